The van der Waals surface area contributed by atoms with E-state index in [1.807, 2.05) is 0 Å². The first-order valence-corrected chi connectivity index (χ1v) is 10.1. The molecular weight excluding hydrogens is 534 g/mol. The molecule has 0 aliphatic carbocycles. The zero-order valence-electron chi connectivity index (χ0n) is 14.5. The molecule has 30 heavy (non-hydrogen) atoms. The van der Waals surface area contributed by atoms with Gasteiger partial charge in [0.1, 0.15) is 11.9 Å². The molecule has 0 heterocycles. The van der Waals surface area contributed by atoms with Gasteiger partial charge in [0.25, 0.3) is 5.91 Å². The number of carbonyl (C=O) groups excluding carboxylic acids is 1. The molecule has 1 amide bonds. The molecule has 13 heteroatoms. The van der Waals surface area contributed by atoms with Crippen LogP contribution in [0.1, 0.15) is 5.56 Å². The van der Waals surface area contributed by atoms with Crippen molar-refractivity contribution in [3.8, 4) is 5.75 Å². The Morgan fingerprint density at radius 3 is 2.20 bits per heavy atom. The summed E-state index contributed by atoms with van der Waals surface area (Å²) in [6, 6.07) is 6.94. The van der Waals surface area contributed by atoms with Gasteiger partial charge >= 0.3 is 6.18 Å². The van der Waals surface area contributed by atoms with Crippen LogP contribution < -0.4 is 15.4 Å². The van der Waals surface area contributed by atoms with Crippen molar-refractivity contribution in [2.45, 2.75) is 16.1 Å². The molecule has 0 saturated heterocycles. The monoisotopic (exact) mass is 542 g/mol. The first-order chi connectivity index (χ1) is 13.8. The van der Waals surface area contributed by atoms with Crippen molar-refractivity contribution < 1.29 is 22.7 Å². The van der Waals surface area contributed by atoms with Gasteiger partial charge in [-0.2, -0.15) is 13.2 Å². The number of halogens is 9. The molecular formula is C17H11Cl6F3N2O2. The highest BCUT2D eigenvalue weighted by Gasteiger charge is 2.35. The maximum absolute atomic E-state index is 12.8. The van der Waals surface area contributed by atoms with Crippen molar-refractivity contribution in [2.24, 2.45) is 0 Å². The van der Waals surface area contributed by atoms with Crippen molar-refractivity contribution in [3.63, 3.8) is 0 Å². The number of hydrogen-bond donors (Lipinski definition) is 2. The highest BCUT2D eigenvalue weighted by molar-refractivity contribution is 6.68. The SMILES string of the molecule is O=C(COc1ccc(Cl)cc1Cl)N[C@H](Nc1ccc(C(F)(F)F)cc1Cl)C(Cl)(Cl)Cl. The number of amides is 1. The molecule has 4 nitrogen and oxygen atoms in total. The maximum Gasteiger partial charge on any atom is 0.416 e. The summed E-state index contributed by atoms with van der Waals surface area (Å²) in [5, 5.41) is 5.22. The summed E-state index contributed by atoms with van der Waals surface area (Å²) >= 11 is 35.2. The van der Waals surface area contributed by atoms with E-state index >= 15 is 0 Å². The fourth-order valence-corrected chi connectivity index (χ4v) is 3.13. The maximum atomic E-state index is 12.8. The Labute approximate surface area is 199 Å². The van der Waals surface area contributed by atoms with E-state index in [0.717, 1.165) is 12.1 Å². The molecule has 1 atom stereocenters. The third-order valence-corrected chi connectivity index (χ3v) is 4.98. The minimum absolute atomic E-state index is 0.00274. The van der Waals surface area contributed by atoms with Crippen molar-refractivity contribution in [2.75, 3.05) is 11.9 Å². The van der Waals surface area contributed by atoms with Crippen LogP contribution >= 0.6 is 69.6 Å². The number of anilines is 1. The topological polar surface area (TPSA) is 50.4 Å². The van der Waals surface area contributed by atoms with E-state index in [1.165, 1.54) is 18.2 Å². The molecule has 0 fully saturated rings. The van der Waals surface area contributed by atoms with Crippen LogP contribution in [0.4, 0.5) is 18.9 Å². The quantitative estimate of drug-likeness (QED) is 0.305. The van der Waals surface area contributed by atoms with E-state index in [-0.39, 0.29) is 21.5 Å². The van der Waals surface area contributed by atoms with Crippen molar-refractivity contribution >= 4 is 81.2 Å². The van der Waals surface area contributed by atoms with E-state index in [4.69, 9.17) is 74.3 Å². The molecule has 164 valence electrons. The average molecular weight is 545 g/mol. The fraction of sp³-hybridized carbons (Fsp3) is 0.235. The predicted molar refractivity (Wildman–Crippen MR) is 114 cm³/mol. The van der Waals surface area contributed by atoms with E-state index in [0.29, 0.717) is 11.1 Å². The molecule has 0 spiro atoms. The predicted octanol–water partition coefficient (Wildman–Crippen LogP) is 6.97. The van der Waals surface area contributed by atoms with Crippen molar-refractivity contribution in [1.82, 2.24) is 5.32 Å². The molecule has 0 aromatic heterocycles. The summed E-state index contributed by atoms with van der Waals surface area (Å²) in [5.74, 6) is -0.520. The van der Waals surface area contributed by atoms with E-state index < -0.39 is 34.2 Å². The Morgan fingerprint density at radius 1 is 1.00 bits per heavy atom. The van der Waals surface area contributed by atoms with Crippen LogP contribution in [-0.2, 0) is 11.0 Å². The van der Waals surface area contributed by atoms with Crippen LogP contribution in [0.3, 0.4) is 0 Å². The van der Waals surface area contributed by atoms with Crippen LogP contribution in [0.2, 0.25) is 15.1 Å². The van der Waals surface area contributed by atoms with Gasteiger partial charge in [0.05, 0.1) is 21.3 Å². The number of benzene rings is 2. The number of rotatable bonds is 6. The minimum Gasteiger partial charge on any atom is -0.482 e. The average Bonchev–Trinajstić information content (AvgIpc) is 2.60. The number of hydrogen-bond acceptors (Lipinski definition) is 3. The van der Waals surface area contributed by atoms with Crippen LogP contribution in [-0.4, -0.2) is 22.5 Å². The summed E-state index contributed by atoms with van der Waals surface area (Å²) < 4.78 is 41.5. The summed E-state index contributed by atoms with van der Waals surface area (Å²) in [5.41, 5.74) is -0.955. The second-order valence-electron chi connectivity index (χ2n) is 5.74. The number of nitrogens with one attached hydrogen (secondary N) is 2. The number of alkyl halides is 6. The van der Waals surface area contributed by atoms with Gasteiger partial charge in [-0.1, -0.05) is 69.6 Å². The standard InChI is InChI=1S/C17H11Cl6F3N2O2/c18-9-2-4-13(11(20)6-9)30-7-14(29)28-15(16(21,22)23)27-12-3-1-8(5-10(12)19)17(24,25)26/h1-6,15,27H,7H2,(H,28,29)/t15-/m0/s1. The van der Waals surface area contributed by atoms with Crippen molar-refractivity contribution in [3.05, 3.63) is 57.0 Å². The molecule has 0 bridgehead atoms. The second-order valence-corrected chi connectivity index (χ2v) is 9.36. The molecule has 2 aromatic rings. The zero-order chi connectivity index (χ0) is 22.7. The molecule has 0 radical (unpaired) electrons. The third kappa shape index (κ3) is 7.32. The van der Waals surface area contributed by atoms with Crippen molar-refractivity contribution in [1.29, 1.82) is 0 Å². The van der Waals surface area contributed by atoms with E-state index in [1.54, 1.807) is 0 Å². The van der Waals surface area contributed by atoms with Crippen LogP contribution in [0.15, 0.2) is 36.4 Å². The van der Waals surface area contributed by atoms with E-state index in [2.05, 4.69) is 10.6 Å². The van der Waals surface area contributed by atoms with Gasteiger partial charge in [0.2, 0.25) is 3.79 Å². The lowest BCUT2D eigenvalue weighted by Gasteiger charge is -2.28. The lowest BCUT2D eigenvalue weighted by molar-refractivity contribution is -0.137. The third-order valence-electron chi connectivity index (χ3n) is 3.48. The van der Waals surface area contributed by atoms with Gasteiger partial charge in [0.15, 0.2) is 6.61 Å². The Morgan fingerprint density at radius 2 is 1.67 bits per heavy atom. The van der Waals surface area contributed by atoms with Crippen LogP contribution in [0.25, 0.3) is 0 Å². The molecule has 0 saturated carbocycles. The fourth-order valence-electron chi connectivity index (χ4n) is 2.10. The summed E-state index contributed by atoms with van der Waals surface area (Å²) in [6.45, 7) is -0.499. The highest BCUT2D eigenvalue weighted by atomic mass is 35.6. The molecule has 2 aromatic carbocycles. The van der Waals surface area contributed by atoms with Gasteiger partial charge in [-0.25, -0.2) is 0 Å². The molecule has 0 unspecified atom stereocenters. The Kier molecular flexibility index (Phi) is 8.52. The summed E-state index contributed by atoms with van der Waals surface area (Å²) in [7, 11) is 0. The lowest BCUT2D eigenvalue weighted by atomic mass is 10.2. The normalized spacial score (nSPS) is 13.0. The molecule has 2 rings (SSSR count). The number of carbonyl (C=O) groups is 1. The Hall–Kier alpha value is -0.960. The summed E-state index contributed by atoms with van der Waals surface area (Å²) in [6.07, 6.45) is -5.93. The second kappa shape index (κ2) is 10.1. The first kappa shape index (κ1) is 25.3. The largest absolute Gasteiger partial charge is 0.482 e. The van der Waals surface area contributed by atoms with E-state index in [9.17, 15) is 18.0 Å². The highest BCUT2D eigenvalue weighted by Crippen LogP contribution is 2.36. The van der Waals surface area contributed by atoms with Gasteiger partial charge in [-0.15, -0.1) is 0 Å². The van der Waals surface area contributed by atoms with Gasteiger partial charge in [-0.3, -0.25) is 4.79 Å². The smallest absolute Gasteiger partial charge is 0.416 e. The molecule has 0 aliphatic rings. The van der Waals surface area contributed by atoms with Crippen LogP contribution in [0.5, 0.6) is 5.75 Å². The molecule has 0 aliphatic heterocycles. The van der Waals surface area contributed by atoms with Crippen LogP contribution in [0, 0.1) is 0 Å². The Bertz CT molecular complexity index is 921. The van der Waals surface area contributed by atoms with Gasteiger partial charge < -0.3 is 15.4 Å². The molecule has 2 N–H and O–H groups in total. The van der Waals surface area contributed by atoms with Gasteiger partial charge in [-0.05, 0) is 36.4 Å². The minimum atomic E-state index is -4.58. The lowest BCUT2D eigenvalue weighted by Crippen LogP contribution is -2.50. The Balaban J connectivity index is 2.08. The van der Waals surface area contributed by atoms with Gasteiger partial charge in [0, 0.05) is 5.02 Å². The summed E-state index contributed by atoms with van der Waals surface area (Å²) in [4.78, 5) is 12.2. The number of ether oxygens (including phenoxy) is 1. The first-order valence-electron chi connectivity index (χ1n) is 7.84. The zero-order valence-corrected chi connectivity index (χ0v) is 19.0.